The molecule has 25 heavy (non-hydrogen) atoms. The van der Waals surface area contributed by atoms with Crippen molar-refractivity contribution in [3.63, 3.8) is 0 Å². The first-order valence-electron chi connectivity index (χ1n) is 8.03. The third-order valence-electron chi connectivity index (χ3n) is 3.69. The molecule has 0 radical (unpaired) electrons. The highest BCUT2D eigenvalue weighted by Crippen LogP contribution is 2.18. The van der Waals surface area contributed by atoms with E-state index >= 15 is 0 Å². The number of nitrogens with one attached hydrogen (secondary N) is 2. The summed E-state index contributed by atoms with van der Waals surface area (Å²) < 4.78 is 0. The average molecular weight is 358 g/mol. The number of rotatable bonds is 6. The number of carbonyl (C=O) groups is 2. The summed E-state index contributed by atoms with van der Waals surface area (Å²) in [5.41, 5.74) is 4.01. The standard InChI is InChI=1S/C18H22N4O2S/c1-5-19-17(24)14-7-6-8-15(9-14)22-16(23)10-25-18-20-12(3)11(2)13(4)21-18/h6-9H,5,10H2,1-4H3,(H,19,24)(H,22,23). The number of amides is 2. The van der Waals surface area contributed by atoms with Crippen LogP contribution in [-0.4, -0.2) is 34.1 Å². The number of aryl methyl sites for hydroxylation is 2. The summed E-state index contributed by atoms with van der Waals surface area (Å²) in [5, 5.41) is 6.12. The Morgan fingerprint density at radius 1 is 1.12 bits per heavy atom. The molecule has 2 rings (SSSR count). The van der Waals surface area contributed by atoms with Crippen molar-refractivity contribution < 1.29 is 9.59 Å². The van der Waals surface area contributed by atoms with E-state index in [0.717, 1.165) is 17.0 Å². The summed E-state index contributed by atoms with van der Waals surface area (Å²) in [6.07, 6.45) is 0. The molecule has 6 nitrogen and oxygen atoms in total. The molecule has 2 aromatic rings. The first-order chi connectivity index (χ1) is 11.9. The molecule has 0 spiro atoms. The minimum Gasteiger partial charge on any atom is -0.352 e. The highest BCUT2D eigenvalue weighted by atomic mass is 32.2. The second-order valence-corrected chi connectivity index (χ2v) is 6.52. The molecule has 2 N–H and O–H groups in total. The maximum Gasteiger partial charge on any atom is 0.251 e. The fraction of sp³-hybridized carbons (Fsp3) is 0.333. The van der Waals surface area contributed by atoms with Crippen molar-refractivity contribution in [3.8, 4) is 0 Å². The normalized spacial score (nSPS) is 10.4. The Morgan fingerprint density at radius 2 is 1.80 bits per heavy atom. The van der Waals surface area contributed by atoms with Gasteiger partial charge in [-0.2, -0.15) is 0 Å². The number of thioether (sulfide) groups is 1. The minimum atomic E-state index is -0.169. The van der Waals surface area contributed by atoms with Gasteiger partial charge in [0.05, 0.1) is 5.75 Å². The summed E-state index contributed by atoms with van der Waals surface area (Å²) in [6, 6.07) is 6.86. The lowest BCUT2D eigenvalue weighted by Gasteiger charge is -2.08. The highest BCUT2D eigenvalue weighted by molar-refractivity contribution is 7.99. The molecule has 0 aliphatic heterocycles. The first-order valence-corrected chi connectivity index (χ1v) is 9.02. The van der Waals surface area contributed by atoms with Crippen molar-refractivity contribution in [1.29, 1.82) is 0 Å². The van der Waals surface area contributed by atoms with Crippen molar-refractivity contribution in [2.24, 2.45) is 0 Å². The van der Waals surface area contributed by atoms with Gasteiger partial charge in [-0.1, -0.05) is 17.8 Å². The zero-order chi connectivity index (χ0) is 18.4. The molecule has 0 saturated carbocycles. The quantitative estimate of drug-likeness (QED) is 0.613. The molecule has 0 unspecified atom stereocenters. The van der Waals surface area contributed by atoms with Crippen LogP contribution in [0.4, 0.5) is 5.69 Å². The lowest BCUT2D eigenvalue weighted by molar-refractivity contribution is -0.113. The van der Waals surface area contributed by atoms with Crippen LogP contribution in [0.5, 0.6) is 0 Å². The van der Waals surface area contributed by atoms with Gasteiger partial charge in [0.2, 0.25) is 5.91 Å². The van der Waals surface area contributed by atoms with E-state index in [1.165, 1.54) is 11.8 Å². The van der Waals surface area contributed by atoms with E-state index in [1.807, 2.05) is 27.7 Å². The maximum atomic E-state index is 12.1. The van der Waals surface area contributed by atoms with Gasteiger partial charge in [0.25, 0.3) is 5.91 Å². The van der Waals surface area contributed by atoms with Gasteiger partial charge in [0, 0.05) is 29.2 Å². The van der Waals surface area contributed by atoms with Gasteiger partial charge in [-0.15, -0.1) is 0 Å². The Kier molecular flexibility index (Phi) is 6.52. The predicted octanol–water partition coefficient (Wildman–Crippen LogP) is 2.88. The molecule has 1 aromatic heterocycles. The van der Waals surface area contributed by atoms with Crippen LogP contribution in [0, 0.1) is 20.8 Å². The van der Waals surface area contributed by atoms with Crippen molar-refractivity contribution in [2.75, 3.05) is 17.6 Å². The lowest BCUT2D eigenvalue weighted by Crippen LogP contribution is -2.23. The van der Waals surface area contributed by atoms with Crippen LogP contribution >= 0.6 is 11.8 Å². The van der Waals surface area contributed by atoms with Crippen molar-refractivity contribution in [2.45, 2.75) is 32.9 Å². The lowest BCUT2D eigenvalue weighted by atomic mass is 10.2. The first kappa shape index (κ1) is 18.9. The fourth-order valence-corrected chi connectivity index (χ4v) is 2.87. The van der Waals surface area contributed by atoms with Gasteiger partial charge in [0.1, 0.15) is 0 Å². The Hall–Kier alpha value is -2.41. The average Bonchev–Trinajstić information content (AvgIpc) is 2.58. The van der Waals surface area contributed by atoms with Gasteiger partial charge >= 0.3 is 0 Å². The van der Waals surface area contributed by atoms with Crippen LogP contribution in [0.15, 0.2) is 29.4 Å². The molecule has 0 fully saturated rings. The number of aromatic nitrogens is 2. The zero-order valence-corrected chi connectivity index (χ0v) is 15.7. The molecule has 0 bridgehead atoms. The molecule has 132 valence electrons. The second kappa shape index (κ2) is 8.62. The number of hydrogen-bond acceptors (Lipinski definition) is 5. The number of anilines is 1. The van der Waals surface area contributed by atoms with Gasteiger partial charge < -0.3 is 10.6 Å². The van der Waals surface area contributed by atoms with Crippen molar-refractivity contribution >= 4 is 29.3 Å². The summed E-state index contributed by atoms with van der Waals surface area (Å²) in [6.45, 7) is 8.26. The molecule has 0 aliphatic rings. The van der Waals surface area contributed by atoms with E-state index in [1.54, 1.807) is 24.3 Å². The van der Waals surface area contributed by atoms with Crippen LogP contribution in [0.3, 0.4) is 0 Å². The van der Waals surface area contributed by atoms with Crippen molar-refractivity contribution in [3.05, 3.63) is 46.8 Å². The van der Waals surface area contributed by atoms with E-state index in [0.29, 0.717) is 23.0 Å². The number of nitrogens with zero attached hydrogens (tertiary/aromatic N) is 2. The number of hydrogen-bond donors (Lipinski definition) is 2. The van der Waals surface area contributed by atoms with E-state index < -0.39 is 0 Å². The molecule has 0 atom stereocenters. The summed E-state index contributed by atoms with van der Waals surface area (Å²) in [7, 11) is 0. The van der Waals surface area contributed by atoms with Crippen LogP contribution < -0.4 is 10.6 Å². The van der Waals surface area contributed by atoms with Crippen LogP contribution in [0.2, 0.25) is 0 Å². The second-order valence-electron chi connectivity index (χ2n) is 5.58. The Morgan fingerprint density at radius 3 is 2.44 bits per heavy atom. The highest BCUT2D eigenvalue weighted by Gasteiger charge is 2.10. The summed E-state index contributed by atoms with van der Waals surface area (Å²) >= 11 is 1.29. The Labute approximate surface area is 151 Å². The predicted molar refractivity (Wildman–Crippen MR) is 100 cm³/mol. The van der Waals surface area contributed by atoms with Gasteiger partial charge in [0.15, 0.2) is 5.16 Å². The third kappa shape index (κ3) is 5.29. The molecule has 1 aromatic carbocycles. The number of carbonyl (C=O) groups excluding carboxylic acids is 2. The monoisotopic (exact) mass is 358 g/mol. The molecule has 0 aliphatic carbocycles. The van der Waals surface area contributed by atoms with Crippen molar-refractivity contribution in [1.82, 2.24) is 15.3 Å². The Bertz CT molecular complexity index is 769. The molecule has 7 heteroatoms. The topological polar surface area (TPSA) is 84.0 Å². The molecular weight excluding hydrogens is 336 g/mol. The number of benzene rings is 1. The summed E-state index contributed by atoms with van der Waals surface area (Å²) in [4.78, 5) is 32.8. The van der Waals surface area contributed by atoms with E-state index in [4.69, 9.17) is 0 Å². The molecule has 2 amide bonds. The van der Waals surface area contributed by atoms with Gasteiger partial charge in [-0.3, -0.25) is 9.59 Å². The van der Waals surface area contributed by atoms with Crippen LogP contribution in [0.25, 0.3) is 0 Å². The zero-order valence-electron chi connectivity index (χ0n) is 14.8. The SMILES string of the molecule is CCNC(=O)c1cccc(NC(=O)CSc2nc(C)c(C)c(C)n2)c1. The third-order valence-corrected chi connectivity index (χ3v) is 4.54. The fourth-order valence-electron chi connectivity index (χ4n) is 2.13. The summed E-state index contributed by atoms with van der Waals surface area (Å²) in [5.74, 6) is -0.127. The van der Waals surface area contributed by atoms with E-state index in [9.17, 15) is 9.59 Å². The molecule has 0 saturated heterocycles. The van der Waals surface area contributed by atoms with E-state index in [2.05, 4.69) is 20.6 Å². The van der Waals surface area contributed by atoms with E-state index in [-0.39, 0.29) is 17.6 Å². The van der Waals surface area contributed by atoms with Gasteiger partial charge in [-0.05, 0) is 51.5 Å². The molecular formula is C18H22N4O2S. The smallest absolute Gasteiger partial charge is 0.251 e. The van der Waals surface area contributed by atoms with Crippen LogP contribution in [0.1, 0.15) is 34.2 Å². The molecule has 1 heterocycles. The maximum absolute atomic E-state index is 12.1. The van der Waals surface area contributed by atoms with Crippen LogP contribution in [-0.2, 0) is 4.79 Å². The minimum absolute atomic E-state index is 0.160. The largest absolute Gasteiger partial charge is 0.352 e. The Balaban J connectivity index is 1.96. The van der Waals surface area contributed by atoms with Gasteiger partial charge in [-0.25, -0.2) is 9.97 Å².